The standard InChI is InChI=1S/C20H30O3/c1-19-9-4-5-13(19)17-14(8-10-19)20(2)12(11-16(17)23-3)6-7-15(21)18(20)22/h11-14,17,21-22H,4-10H2,1-3H3/t12-,13-,14-,17-,19-,20-/m0/s1. The third-order valence-corrected chi connectivity index (χ3v) is 8.00. The van der Waals surface area contributed by atoms with Crippen LogP contribution in [0.4, 0.5) is 0 Å². The van der Waals surface area contributed by atoms with E-state index >= 15 is 0 Å². The second-order valence-corrected chi connectivity index (χ2v) is 8.82. The van der Waals surface area contributed by atoms with Crippen LogP contribution in [0, 0.1) is 34.5 Å². The van der Waals surface area contributed by atoms with Crippen molar-refractivity contribution in [2.75, 3.05) is 7.11 Å². The minimum atomic E-state index is -0.320. The first-order valence-corrected chi connectivity index (χ1v) is 9.29. The van der Waals surface area contributed by atoms with Gasteiger partial charge < -0.3 is 14.9 Å². The van der Waals surface area contributed by atoms with E-state index in [1.807, 2.05) is 7.11 Å². The molecule has 4 aliphatic rings. The molecule has 128 valence electrons. The van der Waals surface area contributed by atoms with Gasteiger partial charge in [-0.3, -0.25) is 0 Å². The van der Waals surface area contributed by atoms with Gasteiger partial charge in [0.05, 0.1) is 12.9 Å². The van der Waals surface area contributed by atoms with E-state index in [-0.39, 0.29) is 22.9 Å². The molecular weight excluding hydrogens is 288 g/mol. The van der Waals surface area contributed by atoms with Crippen LogP contribution in [-0.2, 0) is 4.74 Å². The third-order valence-electron chi connectivity index (χ3n) is 8.00. The van der Waals surface area contributed by atoms with E-state index in [0.717, 1.165) is 18.6 Å². The lowest BCUT2D eigenvalue weighted by Crippen LogP contribution is -2.52. The second-order valence-electron chi connectivity index (χ2n) is 8.82. The molecule has 0 spiro atoms. The molecule has 0 aliphatic heterocycles. The molecule has 0 amide bonds. The number of hydrogen-bond donors (Lipinski definition) is 2. The maximum absolute atomic E-state index is 10.8. The minimum absolute atomic E-state index is 0.219. The molecule has 0 aromatic heterocycles. The van der Waals surface area contributed by atoms with Crippen molar-refractivity contribution in [1.82, 2.24) is 0 Å². The van der Waals surface area contributed by atoms with Crippen LogP contribution in [0.5, 0.6) is 0 Å². The van der Waals surface area contributed by atoms with Gasteiger partial charge in [0.25, 0.3) is 0 Å². The van der Waals surface area contributed by atoms with Crippen LogP contribution in [0.1, 0.15) is 58.8 Å². The summed E-state index contributed by atoms with van der Waals surface area (Å²) < 4.78 is 5.87. The van der Waals surface area contributed by atoms with E-state index in [1.165, 1.54) is 25.7 Å². The molecule has 6 atom stereocenters. The Labute approximate surface area is 139 Å². The number of rotatable bonds is 1. The largest absolute Gasteiger partial charge is 0.509 e. The Morgan fingerprint density at radius 1 is 1.09 bits per heavy atom. The van der Waals surface area contributed by atoms with Gasteiger partial charge in [0.15, 0.2) is 0 Å². The molecule has 0 radical (unpaired) electrons. The summed E-state index contributed by atoms with van der Waals surface area (Å²) in [4.78, 5) is 0. The molecule has 4 aliphatic carbocycles. The lowest BCUT2D eigenvalue weighted by molar-refractivity contribution is -0.0665. The predicted octanol–water partition coefficient (Wildman–Crippen LogP) is 5.11. The molecule has 2 saturated carbocycles. The lowest BCUT2D eigenvalue weighted by Gasteiger charge is -2.57. The number of hydrogen-bond acceptors (Lipinski definition) is 3. The first-order chi connectivity index (χ1) is 10.9. The van der Waals surface area contributed by atoms with Gasteiger partial charge in [0.1, 0.15) is 11.5 Å². The number of fused-ring (bicyclic) bond motifs is 5. The monoisotopic (exact) mass is 318 g/mol. The summed E-state index contributed by atoms with van der Waals surface area (Å²) in [5.74, 6) is 3.35. The zero-order valence-electron chi connectivity index (χ0n) is 14.6. The molecular formula is C20H30O3. The Morgan fingerprint density at radius 2 is 1.87 bits per heavy atom. The molecule has 23 heavy (non-hydrogen) atoms. The van der Waals surface area contributed by atoms with Crippen molar-refractivity contribution in [3.05, 3.63) is 23.4 Å². The normalized spacial score (nSPS) is 49.1. The highest BCUT2D eigenvalue weighted by Gasteiger charge is 2.60. The zero-order chi connectivity index (χ0) is 16.4. The number of ether oxygens (including phenoxy) is 1. The number of aliphatic hydroxyl groups excluding tert-OH is 2. The van der Waals surface area contributed by atoms with Gasteiger partial charge in [-0.1, -0.05) is 20.3 Å². The van der Waals surface area contributed by atoms with Gasteiger partial charge >= 0.3 is 0 Å². The molecule has 0 heterocycles. The first-order valence-electron chi connectivity index (χ1n) is 9.29. The van der Waals surface area contributed by atoms with Gasteiger partial charge in [-0.2, -0.15) is 0 Å². The van der Waals surface area contributed by atoms with Crippen molar-refractivity contribution in [1.29, 1.82) is 0 Å². The van der Waals surface area contributed by atoms with E-state index in [4.69, 9.17) is 4.74 Å². The molecule has 3 heteroatoms. The lowest BCUT2D eigenvalue weighted by atomic mass is 9.47. The van der Waals surface area contributed by atoms with Gasteiger partial charge in [-0.15, -0.1) is 0 Å². The van der Waals surface area contributed by atoms with E-state index in [1.54, 1.807) is 0 Å². The second kappa shape index (κ2) is 4.94. The van der Waals surface area contributed by atoms with Crippen molar-refractivity contribution in [3.8, 4) is 0 Å². The van der Waals surface area contributed by atoms with Crippen LogP contribution in [0.3, 0.4) is 0 Å². The summed E-state index contributed by atoms with van der Waals surface area (Å²) >= 11 is 0. The van der Waals surface area contributed by atoms with Crippen molar-refractivity contribution < 1.29 is 14.9 Å². The van der Waals surface area contributed by atoms with E-state index in [2.05, 4.69) is 19.9 Å². The summed E-state index contributed by atoms with van der Waals surface area (Å²) in [6.45, 7) is 4.64. The van der Waals surface area contributed by atoms with E-state index < -0.39 is 0 Å². The Bertz CT molecular complexity index is 577. The Kier molecular flexibility index (Phi) is 3.31. The fourth-order valence-corrected chi connectivity index (χ4v) is 6.62. The Morgan fingerprint density at radius 3 is 2.61 bits per heavy atom. The molecule has 0 aromatic carbocycles. The fourth-order valence-electron chi connectivity index (χ4n) is 6.62. The number of aliphatic hydroxyl groups is 2. The van der Waals surface area contributed by atoms with Gasteiger partial charge in [-0.25, -0.2) is 0 Å². The average molecular weight is 318 g/mol. The summed E-state index contributed by atoms with van der Waals surface area (Å²) in [7, 11) is 1.81. The van der Waals surface area contributed by atoms with Gasteiger partial charge in [0, 0.05) is 17.8 Å². The van der Waals surface area contributed by atoms with E-state index in [0.29, 0.717) is 29.6 Å². The zero-order valence-corrected chi connectivity index (χ0v) is 14.6. The molecule has 4 rings (SSSR count). The molecule has 0 aromatic rings. The maximum atomic E-state index is 10.8. The van der Waals surface area contributed by atoms with Crippen LogP contribution in [0.15, 0.2) is 23.4 Å². The maximum Gasteiger partial charge on any atom is 0.136 e. The quantitative estimate of drug-likeness (QED) is 0.706. The molecule has 0 unspecified atom stereocenters. The Balaban J connectivity index is 1.84. The number of methoxy groups -OCH3 is 1. The van der Waals surface area contributed by atoms with Crippen molar-refractivity contribution in [2.45, 2.75) is 58.8 Å². The van der Waals surface area contributed by atoms with Gasteiger partial charge in [-0.05, 0) is 61.3 Å². The van der Waals surface area contributed by atoms with Gasteiger partial charge in [0.2, 0.25) is 0 Å². The molecule has 3 nitrogen and oxygen atoms in total. The predicted molar refractivity (Wildman–Crippen MR) is 89.9 cm³/mol. The van der Waals surface area contributed by atoms with Crippen LogP contribution < -0.4 is 0 Å². The summed E-state index contributed by atoms with van der Waals surface area (Å²) in [6, 6.07) is 0. The minimum Gasteiger partial charge on any atom is -0.509 e. The highest BCUT2D eigenvalue weighted by atomic mass is 16.5. The molecule has 2 fully saturated rings. The van der Waals surface area contributed by atoms with Crippen molar-refractivity contribution in [2.24, 2.45) is 34.5 Å². The summed E-state index contributed by atoms with van der Waals surface area (Å²) in [6.07, 6.45) is 10.1. The fraction of sp³-hybridized carbons (Fsp3) is 0.800. The first kappa shape index (κ1) is 15.4. The third kappa shape index (κ3) is 1.88. The van der Waals surface area contributed by atoms with Crippen LogP contribution in [0.25, 0.3) is 0 Å². The van der Waals surface area contributed by atoms with E-state index in [9.17, 15) is 10.2 Å². The highest BCUT2D eigenvalue weighted by Crippen LogP contribution is 2.66. The number of allylic oxidation sites excluding steroid dienone is 4. The Hall–Kier alpha value is -1.12. The van der Waals surface area contributed by atoms with Crippen molar-refractivity contribution >= 4 is 0 Å². The van der Waals surface area contributed by atoms with Crippen molar-refractivity contribution in [3.63, 3.8) is 0 Å². The summed E-state index contributed by atoms with van der Waals surface area (Å²) in [5, 5.41) is 21.0. The van der Waals surface area contributed by atoms with Crippen LogP contribution in [0.2, 0.25) is 0 Å². The smallest absolute Gasteiger partial charge is 0.136 e. The molecule has 0 saturated heterocycles. The summed E-state index contributed by atoms with van der Waals surface area (Å²) in [5.41, 5.74) is 0.108. The highest BCUT2D eigenvalue weighted by molar-refractivity contribution is 5.29. The topological polar surface area (TPSA) is 49.7 Å². The average Bonchev–Trinajstić information content (AvgIpc) is 2.93. The van der Waals surface area contributed by atoms with Crippen LogP contribution >= 0.6 is 0 Å². The SMILES string of the molecule is COC1=C[C@@H]2CCC(O)=C(O)[C@]2(C)[C@H]2CC[C@]3(C)CCC[C@H]3[C@H]12. The van der Waals surface area contributed by atoms with Crippen LogP contribution in [-0.4, -0.2) is 17.3 Å². The molecule has 2 N–H and O–H groups in total. The molecule has 0 bridgehead atoms.